The number of nitrogens with zero attached hydrogens (tertiary/aromatic N) is 2. The third-order valence-corrected chi connectivity index (χ3v) is 2.72. The molecule has 78 valence electrons. The number of thiophene rings is 1. The van der Waals surface area contributed by atoms with E-state index in [9.17, 15) is 0 Å². The van der Waals surface area contributed by atoms with Crippen molar-refractivity contribution < 1.29 is 0 Å². The van der Waals surface area contributed by atoms with Crippen molar-refractivity contribution in [3.8, 4) is 0 Å². The summed E-state index contributed by atoms with van der Waals surface area (Å²) < 4.78 is 0. The molecule has 0 aromatic carbocycles. The lowest BCUT2D eigenvalue weighted by Gasteiger charge is -2.03. The zero-order valence-corrected chi connectivity index (χ0v) is 9.00. The van der Waals surface area contributed by atoms with Crippen molar-refractivity contribution in [2.45, 2.75) is 6.42 Å². The molecule has 0 bridgehead atoms. The van der Waals surface area contributed by atoms with Gasteiger partial charge < -0.3 is 11.1 Å². The maximum Gasteiger partial charge on any atom is 0.148 e. The third kappa shape index (κ3) is 2.92. The molecular formula is C10H12N4S. The normalized spacial score (nSPS) is 10.1. The van der Waals surface area contributed by atoms with E-state index in [1.807, 2.05) is 6.07 Å². The van der Waals surface area contributed by atoms with Gasteiger partial charge in [-0.05, 0) is 40.9 Å². The van der Waals surface area contributed by atoms with E-state index < -0.39 is 0 Å². The summed E-state index contributed by atoms with van der Waals surface area (Å²) in [5, 5.41) is 15.1. The average molecular weight is 220 g/mol. The van der Waals surface area contributed by atoms with Crippen molar-refractivity contribution in [3.05, 3.63) is 34.5 Å². The summed E-state index contributed by atoms with van der Waals surface area (Å²) in [7, 11) is 0. The molecule has 3 N–H and O–H groups in total. The number of rotatable bonds is 4. The molecule has 0 fully saturated rings. The second-order valence-corrected chi connectivity index (χ2v) is 3.93. The predicted molar refractivity (Wildman–Crippen MR) is 63.0 cm³/mol. The van der Waals surface area contributed by atoms with Crippen LogP contribution in [-0.4, -0.2) is 16.7 Å². The van der Waals surface area contributed by atoms with Gasteiger partial charge in [-0.15, -0.1) is 10.2 Å². The van der Waals surface area contributed by atoms with Crippen LogP contribution in [0.5, 0.6) is 0 Å². The SMILES string of the molecule is Nc1ccc(NCCc2ccsc2)nn1. The highest BCUT2D eigenvalue weighted by Crippen LogP contribution is 2.07. The maximum absolute atomic E-state index is 5.43. The molecule has 0 aliphatic carbocycles. The van der Waals surface area contributed by atoms with E-state index in [0.717, 1.165) is 18.8 Å². The highest BCUT2D eigenvalue weighted by molar-refractivity contribution is 7.07. The molecule has 15 heavy (non-hydrogen) atoms. The quantitative estimate of drug-likeness (QED) is 0.824. The summed E-state index contributed by atoms with van der Waals surface area (Å²) in [4.78, 5) is 0. The van der Waals surface area contributed by atoms with Gasteiger partial charge in [0.2, 0.25) is 0 Å². The molecule has 0 amide bonds. The van der Waals surface area contributed by atoms with Gasteiger partial charge in [-0.3, -0.25) is 0 Å². The summed E-state index contributed by atoms with van der Waals surface area (Å²) in [5.41, 5.74) is 6.78. The highest BCUT2D eigenvalue weighted by Gasteiger charge is 1.95. The van der Waals surface area contributed by atoms with Crippen molar-refractivity contribution in [1.82, 2.24) is 10.2 Å². The van der Waals surface area contributed by atoms with E-state index in [1.54, 1.807) is 17.4 Å². The Balaban J connectivity index is 1.81. The van der Waals surface area contributed by atoms with Gasteiger partial charge >= 0.3 is 0 Å². The summed E-state index contributed by atoms with van der Waals surface area (Å²) >= 11 is 1.72. The molecule has 2 aromatic rings. The van der Waals surface area contributed by atoms with Crippen LogP contribution in [0, 0.1) is 0 Å². The smallest absolute Gasteiger partial charge is 0.148 e. The van der Waals surface area contributed by atoms with E-state index >= 15 is 0 Å². The molecule has 0 radical (unpaired) electrons. The van der Waals surface area contributed by atoms with Crippen LogP contribution in [0.1, 0.15) is 5.56 Å². The van der Waals surface area contributed by atoms with Gasteiger partial charge in [0, 0.05) is 6.54 Å². The molecule has 0 spiro atoms. The molecule has 0 saturated carbocycles. The Morgan fingerprint density at radius 3 is 2.87 bits per heavy atom. The first-order valence-electron chi connectivity index (χ1n) is 4.69. The average Bonchev–Trinajstić information content (AvgIpc) is 2.74. The number of hydrogen-bond donors (Lipinski definition) is 2. The fraction of sp³-hybridized carbons (Fsp3) is 0.200. The van der Waals surface area contributed by atoms with Crippen molar-refractivity contribution >= 4 is 23.0 Å². The fourth-order valence-electron chi connectivity index (χ4n) is 1.21. The predicted octanol–water partition coefficient (Wildman–Crippen LogP) is 1.77. The van der Waals surface area contributed by atoms with Crippen LogP contribution in [0.4, 0.5) is 11.6 Å². The number of hydrogen-bond acceptors (Lipinski definition) is 5. The van der Waals surface area contributed by atoms with Crippen LogP contribution in [0.15, 0.2) is 29.0 Å². The first-order chi connectivity index (χ1) is 7.34. The van der Waals surface area contributed by atoms with E-state index in [2.05, 4.69) is 32.3 Å². The molecule has 0 atom stereocenters. The van der Waals surface area contributed by atoms with Crippen LogP contribution in [0.3, 0.4) is 0 Å². The van der Waals surface area contributed by atoms with Gasteiger partial charge in [-0.25, -0.2) is 0 Å². The Morgan fingerprint density at radius 1 is 1.27 bits per heavy atom. The Bertz CT molecular complexity index is 396. The minimum atomic E-state index is 0.443. The number of aromatic nitrogens is 2. The van der Waals surface area contributed by atoms with Gasteiger partial charge in [-0.1, -0.05) is 0 Å². The number of nitrogens with two attached hydrogens (primary N) is 1. The Kier molecular flexibility index (Phi) is 3.14. The van der Waals surface area contributed by atoms with Crippen LogP contribution in [-0.2, 0) is 6.42 Å². The minimum absolute atomic E-state index is 0.443. The highest BCUT2D eigenvalue weighted by atomic mass is 32.1. The molecule has 4 nitrogen and oxygen atoms in total. The number of nitrogen functional groups attached to an aromatic ring is 1. The van der Waals surface area contributed by atoms with Crippen LogP contribution < -0.4 is 11.1 Å². The molecule has 0 aliphatic rings. The monoisotopic (exact) mass is 220 g/mol. The fourth-order valence-corrected chi connectivity index (χ4v) is 1.91. The number of anilines is 2. The topological polar surface area (TPSA) is 63.8 Å². The molecule has 0 unspecified atom stereocenters. The zero-order chi connectivity index (χ0) is 10.5. The van der Waals surface area contributed by atoms with Crippen molar-refractivity contribution in [1.29, 1.82) is 0 Å². The molecule has 2 heterocycles. The third-order valence-electron chi connectivity index (χ3n) is 1.99. The van der Waals surface area contributed by atoms with Crippen molar-refractivity contribution in [2.75, 3.05) is 17.6 Å². The van der Waals surface area contributed by atoms with Gasteiger partial charge in [0.25, 0.3) is 0 Å². The van der Waals surface area contributed by atoms with E-state index in [4.69, 9.17) is 5.73 Å². The van der Waals surface area contributed by atoms with E-state index in [-0.39, 0.29) is 0 Å². The molecular weight excluding hydrogens is 208 g/mol. The first-order valence-corrected chi connectivity index (χ1v) is 5.63. The Hall–Kier alpha value is -1.62. The second kappa shape index (κ2) is 4.75. The van der Waals surface area contributed by atoms with Crippen LogP contribution >= 0.6 is 11.3 Å². The number of nitrogens with one attached hydrogen (secondary N) is 1. The van der Waals surface area contributed by atoms with Gasteiger partial charge in [0.1, 0.15) is 11.6 Å². The molecule has 2 aromatic heterocycles. The van der Waals surface area contributed by atoms with Gasteiger partial charge in [-0.2, -0.15) is 11.3 Å². The summed E-state index contributed by atoms with van der Waals surface area (Å²) in [5.74, 6) is 1.21. The second-order valence-electron chi connectivity index (χ2n) is 3.15. The van der Waals surface area contributed by atoms with Gasteiger partial charge in [0.05, 0.1) is 0 Å². The Morgan fingerprint density at radius 2 is 2.20 bits per heavy atom. The minimum Gasteiger partial charge on any atom is -0.382 e. The first kappa shape index (κ1) is 9.92. The van der Waals surface area contributed by atoms with Crippen molar-refractivity contribution in [3.63, 3.8) is 0 Å². The molecule has 0 aliphatic heterocycles. The standard InChI is InChI=1S/C10H12N4S/c11-9-1-2-10(14-13-9)12-5-3-8-4-6-15-7-8/h1-2,4,6-7H,3,5H2,(H2,11,13)(H,12,14). The lowest BCUT2D eigenvalue weighted by Crippen LogP contribution is -2.06. The molecule has 2 rings (SSSR count). The maximum atomic E-state index is 5.43. The largest absolute Gasteiger partial charge is 0.382 e. The zero-order valence-electron chi connectivity index (χ0n) is 8.18. The molecule has 5 heteroatoms. The van der Waals surface area contributed by atoms with Gasteiger partial charge in [0.15, 0.2) is 0 Å². The van der Waals surface area contributed by atoms with Crippen molar-refractivity contribution in [2.24, 2.45) is 0 Å². The van der Waals surface area contributed by atoms with Crippen LogP contribution in [0.2, 0.25) is 0 Å². The van der Waals surface area contributed by atoms with Crippen LogP contribution in [0.25, 0.3) is 0 Å². The molecule has 0 saturated heterocycles. The summed E-state index contributed by atoms with van der Waals surface area (Å²) in [6.45, 7) is 0.856. The summed E-state index contributed by atoms with van der Waals surface area (Å²) in [6, 6.07) is 5.69. The van der Waals surface area contributed by atoms with E-state index in [1.165, 1.54) is 5.56 Å². The lowest BCUT2D eigenvalue weighted by atomic mass is 10.2. The summed E-state index contributed by atoms with van der Waals surface area (Å²) in [6.07, 6.45) is 0.996. The lowest BCUT2D eigenvalue weighted by molar-refractivity contribution is 0.974. The Labute approximate surface area is 92.2 Å². The van der Waals surface area contributed by atoms with E-state index in [0.29, 0.717) is 5.82 Å².